The highest BCUT2D eigenvalue weighted by Gasteiger charge is 2.17. The van der Waals surface area contributed by atoms with Crippen molar-refractivity contribution in [1.82, 2.24) is 0 Å². The van der Waals surface area contributed by atoms with Gasteiger partial charge in [0.05, 0.1) is 5.92 Å². The van der Waals surface area contributed by atoms with Crippen molar-refractivity contribution < 1.29 is 9.08 Å². The summed E-state index contributed by atoms with van der Waals surface area (Å²) in [6, 6.07) is 0. The molecular weight excluding hydrogens is 164 g/mol. The third-order valence-electron chi connectivity index (χ3n) is 1.68. The van der Waals surface area contributed by atoms with E-state index in [1.807, 2.05) is 13.8 Å². The maximum Gasteiger partial charge on any atom is 0.327 e. The topological polar surface area (TPSA) is 26.3 Å². The molecule has 0 aromatic rings. The highest BCUT2D eigenvalue weighted by Crippen LogP contribution is 2.15. The van der Waals surface area contributed by atoms with Gasteiger partial charge in [-0.25, -0.2) is 0 Å². The van der Waals surface area contributed by atoms with Gasteiger partial charge in [-0.3, -0.25) is 4.79 Å². The Balaban J connectivity index is 3.76. The van der Waals surface area contributed by atoms with Gasteiger partial charge in [0.1, 0.15) is 11.9 Å². The zero-order valence-electron chi connectivity index (χ0n) is 7.10. The first-order chi connectivity index (χ1) is 5.26. The SMILES string of the molecule is CCCC(CCC)C(=O)OCl. The van der Waals surface area contributed by atoms with Crippen molar-refractivity contribution in [2.75, 3.05) is 0 Å². The minimum Gasteiger partial charge on any atom is -0.347 e. The van der Waals surface area contributed by atoms with Gasteiger partial charge in [-0.15, -0.1) is 0 Å². The maximum atomic E-state index is 10.9. The second kappa shape index (κ2) is 6.47. The molecular formula is C8H15ClO2. The Morgan fingerprint density at radius 1 is 1.36 bits per heavy atom. The van der Waals surface area contributed by atoms with Crippen molar-refractivity contribution in [3.8, 4) is 0 Å². The van der Waals surface area contributed by atoms with E-state index < -0.39 is 0 Å². The predicted octanol–water partition coefficient (Wildman–Crippen LogP) is 2.90. The lowest BCUT2D eigenvalue weighted by atomic mass is 9.99. The molecule has 2 nitrogen and oxygen atoms in total. The molecule has 0 saturated carbocycles. The van der Waals surface area contributed by atoms with Crippen LogP contribution in [0.2, 0.25) is 0 Å². The van der Waals surface area contributed by atoms with E-state index in [0.29, 0.717) is 0 Å². The fraction of sp³-hybridized carbons (Fsp3) is 0.875. The van der Waals surface area contributed by atoms with Gasteiger partial charge < -0.3 is 4.29 Å². The van der Waals surface area contributed by atoms with Crippen LogP contribution in [0.1, 0.15) is 39.5 Å². The van der Waals surface area contributed by atoms with Crippen LogP contribution in [0.25, 0.3) is 0 Å². The number of hydrogen-bond acceptors (Lipinski definition) is 2. The molecule has 66 valence electrons. The minimum absolute atomic E-state index is 0.00231. The summed E-state index contributed by atoms with van der Waals surface area (Å²) in [7, 11) is 0. The van der Waals surface area contributed by atoms with E-state index in [1.165, 1.54) is 0 Å². The molecule has 0 N–H and O–H groups in total. The summed E-state index contributed by atoms with van der Waals surface area (Å²) in [6.45, 7) is 4.09. The minimum atomic E-state index is -0.282. The van der Waals surface area contributed by atoms with Crippen LogP contribution in [0.15, 0.2) is 0 Å². The molecule has 0 fully saturated rings. The maximum absolute atomic E-state index is 10.9. The Bertz CT molecular complexity index is 109. The molecule has 0 aromatic heterocycles. The summed E-state index contributed by atoms with van der Waals surface area (Å²) in [5.74, 6) is -0.280. The summed E-state index contributed by atoms with van der Waals surface area (Å²) in [5.41, 5.74) is 0. The Labute approximate surface area is 73.0 Å². The predicted molar refractivity (Wildman–Crippen MR) is 45.3 cm³/mol. The Morgan fingerprint density at radius 3 is 2.09 bits per heavy atom. The van der Waals surface area contributed by atoms with Gasteiger partial charge in [0, 0.05) is 0 Å². The molecule has 0 radical (unpaired) electrons. The van der Waals surface area contributed by atoms with E-state index in [4.69, 9.17) is 11.9 Å². The van der Waals surface area contributed by atoms with Crippen molar-refractivity contribution in [2.24, 2.45) is 5.92 Å². The van der Waals surface area contributed by atoms with Crippen LogP contribution in [-0.4, -0.2) is 5.97 Å². The molecule has 0 aliphatic carbocycles. The third kappa shape index (κ3) is 4.25. The van der Waals surface area contributed by atoms with Crippen molar-refractivity contribution in [1.29, 1.82) is 0 Å². The first-order valence-electron chi connectivity index (χ1n) is 4.08. The zero-order valence-corrected chi connectivity index (χ0v) is 7.86. The monoisotopic (exact) mass is 178 g/mol. The van der Waals surface area contributed by atoms with E-state index in [1.54, 1.807) is 0 Å². The fourth-order valence-corrected chi connectivity index (χ4v) is 1.27. The highest BCUT2D eigenvalue weighted by atomic mass is 35.5. The van der Waals surface area contributed by atoms with Crippen LogP contribution in [0, 0.1) is 5.92 Å². The molecule has 0 bridgehead atoms. The van der Waals surface area contributed by atoms with Crippen molar-refractivity contribution >= 4 is 17.8 Å². The first-order valence-corrected chi connectivity index (χ1v) is 4.39. The Morgan fingerprint density at radius 2 is 1.82 bits per heavy atom. The smallest absolute Gasteiger partial charge is 0.327 e. The lowest BCUT2D eigenvalue weighted by Crippen LogP contribution is -2.13. The second-order valence-corrected chi connectivity index (χ2v) is 2.82. The molecule has 0 rings (SSSR count). The van der Waals surface area contributed by atoms with Gasteiger partial charge >= 0.3 is 5.97 Å². The molecule has 0 spiro atoms. The summed E-state index contributed by atoms with van der Waals surface area (Å²) in [5, 5.41) is 0. The Hall–Kier alpha value is -0.240. The van der Waals surface area contributed by atoms with Gasteiger partial charge in [0.25, 0.3) is 0 Å². The molecule has 3 heteroatoms. The number of carbonyl (C=O) groups excluding carboxylic acids is 1. The van der Waals surface area contributed by atoms with Crippen molar-refractivity contribution in [3.63, 3.8) is 0 Å². The highest BCUT2D eigenvalue weighted by molar-refractivity contribution is 6.13. The van der Waals surface area contributed by atoms with Gasteiger partial charge in [-0.1, -0.05) is 26.7 Å². The lowest BCUT2D eigenvalue weighted by molar-refractivity contribution is -0.139. The molecule has 0 saturated heterocycles. The average molecular weight is 179 g/mol. The molecule has 0 aliphatic heterocycles. The second-order valence-electron chi connectivity index (χ2n) is 2.67. The molecule has 0 unspecified atom stereocenters. The average Bonchev–Trinajstić information content (AvgIpc) is 2.03. The van der Waals surface area contributed by atoms with E-state index in [9.17, 15) is 4.79 Å². The van der Waals surface area contributed by atoms with E-state index in [2.05, 4.69) is 4.29 Å². The number of halogens is 1. The molecule has 0 atom stereocenters. The van der Waals surface area contributed by atoms with Crippen LogP contribution in [0.3, 0.4) is 0 Å². The van der Waals surface area contributed by atoms with Gasteiger partial charge in [-0.2, -0.15) is 0 Å². The van der Waals surface area contributed by atoms with E-state index in [-0.39, 0.29) is 11.9 Å². The summed E-state index contributed by atoms with van der Waals surface area (Å²) >= 11 is 4.97. The summed E-state index contributed by atoms with van der Waals surface area (Å²) in [4.78, 5) is 10.9. The van der Waals surface area contributed by atoms with E-state index in [0.717, 1.165) is 25.7 Å². The van der Waals surface area contributed by atoms with Gasteiger partial charge in [0.2, 0.25) is 0 Å². The van der Waals surface area contributed by atoms with Crippen LogP contribution in [-0.2, 0) is 9.08 Å². The lowest BCUT2D eigenvalue weighted by Gasteiger charge is -2.09. The summed E-state index contributed by atoms with van der Waals surface area (Å²) < 4.78 is 4.15. The first kappa shape index (κ1) is 10.8. The van der Waals surface area contributed by atoms with Crippen LogP contribution >= 0.6 is 11.9 Å². The molecule has 11 heavy (non-hydrogen) atoms. The molecule has 0 heterocycles. The normalized spacial score (nSPS) is 10.2. The molecule has 0 aromatic carbocycles. The standard InChI is InChI=1S/C8H15ClO2/c1-3-5-7(6-4-2)8(10)11-9/h7H,3-6H2,1-2H3. The quantitative estimate of drug-likeness (QED) is 0.647. The van der Waals surface area contributed by atoms with Crippen LogP contribution in [0.5, 0.6) is 0 Å². The van der Waals surface area contributed by atoms with E-state index >= 15 is 0 Å². The Kier molecular flexibility index (Phi) is 6.33. The zero-order chi connectivity index (χ0) is 8.69. The largest absolute Gasteiger partial charge is 0.347 e. The number of hydrogen-bond donors (Lipinski definition) is 0. The van der Waals surface area contributed by atoms with Gasteiger partial charge in [0.15, 0.2) is 0 Å². The number of carbonyl (C=O) groups is 1. The van der Waals surface area contributed by atoms with Gasteiger partial charge in [-0.05, 0) is 12.8 Å². The van der Waals surface area contributed by atoms with Crippen LogP contribution in [0.4, 0.5) is 0 Å². The van der Waals surface area contributed by atoms with Crippen LogP contribution < -0.4 is 0 Å². The number of rotatable bonds is 5. The van der Waals surface area contributed by atoms with Crippen molar-refractivity contribution in [3.05, 3.63) is 0 Å². The summed E-state index contributed by atoms with van der Waals surface area (Å²) in [6.07, 6.45) is 3.74. The third-order valence-corrected chi connectivity index (χ3v) is 1.84. The fourth-order valence-electron chi connectivity index (χ4n) is 1.14. The molecule has 0 aliphatic rings. The molecule has 0 amide bonds. The van der Waals surface area contributed by atoms with Crippen molar-refractivity contribution in [2.45, 2.75) is 39.5 Å².